The van der Waals surface area contributed by atoms with Crippen LogP contribution < -0.4 is 10.5 Å². The number of nitrogens with two attached hydrogens (primary N) is 1. The number of nitrogens with zero attached hydrogens (tertiary/aromatic N) is 2. The van der Waals surface area contributed by atoms with Crippen LogP contribution in [-0.2, 0) is 6.54 Å². The van der Waals surface area contributed by atoms with Gasteiger partial charge in [-0.25, -0.2) is 0 Å². The predicted molar refractivity (Wildman–Crippen MR) is 63.5 cm³/mol. The van der Waals surface area contributed by atoms with E-state index in [-0.39, 0.29) is 0 Å². The first-order valence-corrected chi connectivity index (χ1v) is 5.12. The van der Waals surface area contributed by atoms with Gasteiger partial charge in [-0.05, 0) is 13.0 Å². The summed E-state index contributed by atoms with van der Waals surface area (Å²) in [6.07, 6.45) is 0. The van der Waals surface area contributed by atoms with Gasteiger partial charge >= 0.3 is 0 Å². The lowest BCUT2D eigenvalue weighted by atomic mass is 10.2. The van der Waals surface area contributed by atoms with Crippen molar-refractivity contribution in [1.29, 1.82) is 0 Å². The lowest BCUT2D eigenvalue weighted by Gasteiger charge is -2.09. The van der Waals surface area contributed by atoms with Crippen molar-refractivity contribution in [2.75, 3.05) is 12.8 Å². The summed E-state index contributed by atoms with van der Waals surface area (Å²) in [6, 6.07) is 9.76. The third-order valence-corrected chi connectivity index (χ3v) is 2.51. The number of nitrogen functional groups attached to an aromatic ring is 1. The largest absolute Gasteiger partial charge is 0.496 e. The third-order valence-electron chi connectivity index (χ3n) is 2.51. The Labute approximate surface area is 94.6 Å². The van der Waals surface area contributed by atoms with Crippen LogP contribution in [0.3, 0.4) is 0 Å². The molecule has 4 nitrogen and oxygen atoms in total. The lowest BCUT2D eigenvalue weighted by Crippen LogP contribution is -2.05. The Kier molecular flexibility index (Phi) is 2.81. The van der Waals surface area contributed by atoms with Gasteiger partial charge in [0, 0.05) is 17.3 Å². The van der Waals surface area contributed by atoms with Gasteiger partial charge in [0.2, 0.25) is 0 Å². The highest BCUT2D eigenvalue weighted by Crippen LogP contribution is 2.19. The molecule has 2 aromatic rings. The minimum absolute atomic E-state index is 0.549. The van der Waals surface area contributed by atoms with E-state index in [1.54, 1.807) is 7.11 Å². The molecule has 0 atom stereocenters. The molecule has 1 aromatic carbocycles. The van der Waals surface area contributed by atoms with Crippen molar-refractivity contribution in [3.05, 3.63) is 41.6 Å². The topological polar surface area (TPSA) is 53.1 Å². The zero-order chi connectivity index (χ0) is 11.5. The average molecular weight is 217 g/mol. The fraction of sp³-hybridized carbons (Fsp3) is 0.250. The van der Waals surface area contributed by atoms with Gasteiger partial charge in [0.1, 0.15) is 11.6 Å². The standard InChI is InChI=1S/C12H15N3O/c1-9-7-12(13)14-15(9)8-10-5-3-4-6-11(10)16-2/h3-7H,8H2,1-2H3,(H2,13,14). The smallest absolute Gasteiger partial charge is 0.145 e. The summed E-state index contributed by atoms with van der Waals surface area (Å²) in [4.78, 5) is 0. The molecule has 16 heavy (non-hydrogen) atoms. The Balaban J connectivity index is 2.30. The first-order chi connectivity index (χ1) is 7.70. The minimum atomic E-state index is 0.549. The van der Waals surface area contributed by atoms with Crippen LogP contribution in [0.4, 0.5) is 5.82 Å². The van der Waals surface area contributed by atoms with E-state index < -0.39 is 0 Å². The fourth-order valence-corrected chi connectivity index (χ4v) is 1.69. The summed E-state index contributed by atoms with van der Waals surface area (Å²) in [6.45, 7) is 2.66. The summed E-state index contributed by atoms with van der Waals surface area (Å²) in [5.74, 6) is 1.42. The molecule has 84 valence electrons. The number of methoxy groups -OCH3 is 1. The lowest BCUT2D eigenvalue weighted by molar-refractivity contribution is 0.407. The number of aromatic nitrogens is 2. The second-order valence-corrected chi connectivity index (χ2v) is 3.68. The maximum absolute atomic E-state index is 5.64. The summed E-state index contributed by atoms with van der Waals surface area (Å²) < 4.78 is 7.16. The number of aryl methyl sites for hydroxylation is 1. The highest BCUT2D eigenvalue weighted by molar-refractivity contribution is 5.35. The molecule has 0 saturated heterocycles. The summed E-state index contributed by atoms with van der Waals surface area (Å²) >= 11 is 0. The number of hydrogen-bond acceptors (Lipinski definition) is 3. The molecule has 0 radical (unpaired) electrons. The minimum Gasteiger partial charge on any atom is -0.496 e. The van der Waals surface area contributed by atoms with Gasteiger partial charge in [0.25, 0.3) is 0 Å². The van der Waals surface area contributed by atoms with Gasteiger partial charge in [0.15, 0.2) is 0 Å². The quantitative estimate of drug-likeness (QED) is 0.853. The van der Waals surface area contributed by atoms with E-state index in [1.807, 2.05) is 41.9 Å². The van der Waals surface area contributed by atoms with Crippen molar-refractivity contribution in [2.24, 2.45) is 0 Å². The van der Waals surface area contributed by atoms with E-state index in [2.05, 4.69) is 5.10 Å². The molecule has 2 rings (SSSR count). The second kappa shape index (κ2) is 4.26. The molecule has 0 aliphatic heterocycles. The number of anilines is 1. The molecule has 1 aromatic heterocycles. The zero-order valence-electron chi connectivity index (χ0n) is 9.47. The van der Waals surface area contributed by atoms with Gasteiger partial charge in [-0.1, -0.05) is 18.2 Å². The molecule has 0 bridgehead atoms. The molecular weight excluding hydrogens is 202 g/mol. The van der Waals surface area contributed by atoms with Crippen LogP contribution in [0.1, 0.15) is 11.3 Å². The van der Waals surface area contributed by atoms with Crippen molar-refractivity contribution in [3.8, 4) is 5.75 Å². The van der Waals surface area contributed by atoms with Crippen molar-refractivity contribution < 1.29 is 4.74 Å². The molecule has 0 spiro atoms. The van der Waals surface area contributed by atoms with Crippen LogP contribution in [0.25, 0.3) is 0 Å². The average Bonchev–Trinajstić information content (AvgIpc) is 2.58. The number of benzene rings is 1. The fourth-order valence-electron chi connectivity index (χ4n) is 1.69. The molecule has 2 N–H and O–H groups in total. The summed E-state index contributed by atoms with van der Waals surface area (Å²) in [7, 11) is 1.67. The molecule has 0 amide bonds. The van der Waals surface area contributed by atoms with Crippen molar-refractivity contribution in [3.63, 3.8) is 0 Å². The Bertz CT molecular complexity index is 491. The molecule has 0 fully saturated rings. The molecule has 4 heteroatoms. The number of ether oxygens (including phenoxy) is 1. The monoisotopic (exact) mass is 217 g/mol. The first kappa shape index (κ1) is 10.5. The van der Waals surface area contributed by atoms with Crippen LogP contribution in [0, 0.1) is 6.92 Å². The Morgan fingerprint density at radius 2 is 2.12 bits per heavy atom. The van der Waals surface area contributed by atoms with Crippen LogP contribution in [-0.4, -0.2) is 16.9 Å². The van der Waals surface area contributed by atoms with Crippen LogP contribution in [0.2, 0.25) is 0 Å². The molecule has 0 aliphatic carbocycles. The first-order valence-electron chi connectivity index (χ1n) is 5.12. The summed E-state index contributed by atoms with van der Waals surface area (Å²) in [5, 5.41) is 4.22. The second-order valence-electron chi connectivity index (χ2n) is 3.68. The van der Waals surface area contributed by atoms with E-state index in [1.165, 1.54) is 0 Å². The summed E-state index contributed by atoms with van der Waals surface area (Å²) in [5.41, 5.74) is 7.78. The SMILES string of the molecule is COc1ccccc1Cn1nc(N)cc1C. The van der Waals surface area contributed by atoms with Gasteiger partial charge < -0.3 is 10.5 Å². The van der Waals surface area contributed by atoms with Gasteiger partial charge in [-0.15, -0.1) is 0 Å². The van der Waals surface area contributed by atoms with Crippen molar-refractivity contribution in [2.45, 2.75) is 13.5 Å². The normalized spacial score (nSPS) is 10.4. The van der Waals surface area contributed by atoms with E-state index in [9.17, 15) is 0 Å². The predicted octanol–water partition coefficient (Wildman–Crippen LogP) is 1.83. The van der Waals surface area contributed by atoms with Gasteiger partial charge in [0.05, 0.1) is 13.7 Å². The molecule has 0 saturated carbocycles. The molecule has 0 aliphatic rings. The Morgan fingerprint density at radius 1 is 1.38 bits per heavy atom. The highest BCUT2D eigenvalue weighted by atomic mass is 16.5. The van der Waals surface area contributed by atoms with E-state index in [4.69, 9.17) is 10.5 Å². The zero-order valence-corrected chi connectivity index (χ0v) is 9.47. The van der Waals surface area contributed by atoms with Gasteiger partial charge in [-0.3, -0.25) is 4.68 Å². The number of hydrogen-bond donors (Lipinski definition) is 1. The molecule has 0 unspecified atom stereocenters. The Hall–Kier alpha value is -1.97. The van der Waals surface area contributed by atoms with Crippen molar-refractivity contribution in [1.82, 2.24) is 9.78 Å². The maximum Gasteiger partial charge on any atom is 0.145 e. The van der Waals surface area contributed by atoms with Crippen LogP contribution >= 0.6 is 0 Å². The van der Waals surface area contributed by atoms with E-state index in [0.717, 1.165) is 17.0 Å². The third kappa shape index (κ3) is 2.00. The van der Waals surface area contributed by atoms with Crippen molar-refractivity contribution >= 4 is 5.82 Å². The highest BCUT2D eigenvalue weighted by Gasteiger charge is 2.06. The number of rotatable bonds is 3. The number of para-hydroxylation sites is 1. The Morgan fingerprint density at radius 3 is 2.75 bits per heavy atom. The molecular formula is C12H15N3O. The van der Waals surface area contributed by atoms with Crippen LogP contribution in [0.5, 0.6) is 5.75 Å². The van der Waals surface area contributed by atoms with Crippen LogP contribution in [0.15, 0.2) is 30.3 Å². The van der Waals surface area contributed by atoms with E-state index in [0.29, 0.717) is 12.4 Å². The maximum atomic E-state index is 5.64. The molecule has 1 heterocycles. The van der Waals surface area contributed by atoms with Gasteiger partial charge in [-0.2, -0.15) is 5.10 Å². The van der Waals surface area contributed by atoms with E-state index >= 15 is 0 Å².